The number of carbonyl (C=O) groups is 1. The van der Waals surface area contributed by atoms with Crippen LogP contribution in [0.15, 0.2) is 77.0 Å². The van der Waals surface area contributed by atoms with Crippen molar-refractivity contribution in [3.63, 3.8) is 0 Å². The Kier molecular flexibility index (Phi) is 8.29. The fraction of sp³-hybridized carbons (Fsp3) is 0.222. The van der Waals surface area contributed by atoms with Crippen LogP contribution in [0.4, 0.5) is 5.69 Å². The van der Waals surface area contributed by atoms with Gasteiger partial charge in [0.1, 0.15) is 23.0 Å². The number of rotatable bonds is 8. The maximum Gasteiger partial charge on any atom is 0.227 e. The molecule has 3 aromatic carbocycles. The summed E-state index contributed by atoms with van der Waals surface area (Å²) < 4.78 is 12.0. The lowest BCUT2D eigenvalue weighted by molar-refractivity contribution is -0.120. The zero-order valence-electron chi connectivity index (χ0n) is 20.6. The number of carbonyl (C=O) groups excluding carboxylic acids is 1. The molecule has 0 atom stereocenters. The highest BCUT2D eigenvalue weighted by Gasteiger charge is 2.25. The number of hydrogen-bond acceptors (Lipinski definition) is 8. The van der Waals surface area contributed by atoms with Gasteiger partial charge in [0.05, 0.1) is 0 Å². The Bertz CT molecular complexity index is 1240. The summed E-state index contributed by atoms with van der Waals surface area (Å²) in [4.78, 5) is 13.0. The molecule has 1 fully saturated rings. The van der Waals surface area contributed by atoms with Gasteiger partial charge in [-0.05, 0) is 74.2 Å². The zero-order chi connectivity index (χ0) is 27.1. The van der Waals surface area contributed by atoms with Gasteiger partial charge in [-0.2, -0.15) is 0 Å². The Hall–Kier alpha value is -4.77. The van der Waals surface area contributed by atoms with Gasteiger partial charge < -0.3 is 42.4 Å². The number of benzene rings is 3. The molecule has 0 heterocycles. The molecule has 38 heavy (non-hydrogen) atoms. The Labute approximate surface area is 219 Å². The molecule has 0 radical (unpaired) electrons. The Morgan fingerprint density at radius 1 is 0.737 bits per heavy atom. The van der Waals surface area contributed by atoms with Gasteiger partial charge >= 0.3 is 0 Å². The predicted octanol–water partition coefficient (Wildman–Crippen LogP) is 3.92. The third-order valence-electron chi connectivity index (χ3n) is 6.28. The Balaban J connectivity index is 1.57. The molecule has 4 rings (SSSR count). The molecule has 0 saturated heterocycles. The molecule has 1 saturated carbocycles. The molecule has 1 amide bonds. The van der Waals surface area contributed by atoms with Crippen molar-refractivity contribution in [2.45, 2.75) is 31.7 Å². The van der Waals surface area contributed by atoms with Crippen LogP contribution in [0.2, 0.25) is 0 Å². The number of ether oxygens (including phenoxy) is 2. The molecular formula is C27H30N6O5. The number of hydrogen-bond donors (Lipinski definition) is 6. The number of nitrogens with zero attached hydrogens (tertiary/aromatic N) is 2. The summed E-state index contributed by atoms with van der Waals surface area (Å²) in [5.41, 5.74) is 18.8. The molecule has 0 aliphatic heterocycles. The molecule has 0 bridgehead atoms. The topological polar surface area (TPSA) is 191 Å². The number of amidine groups is 2. The van der Waals surface area contributed by atoms with Crippen molar-refractivity contribution in [2.75, 3.05) is 5.32 Å². The molecule has 9 N–H and O–H groups in total. The highest BCUT2D eigenvalue weighted by molar-refractivity contribution is 5.97. The second-order valence-corrected chi connectivity index (χ2v) is 9.02. The van der Waals surface area contributed by atoms with Gasteiger partial charge in [-0.1, -0.05) is 10.3 Å². The standard InChI is InChI=1S/C27H30N6O5/c28-19-7-1-18(2-8-19)27(34)31-20-13-23(37-21-9-3-16(4-10-21)25(29)32-35)15-24(14-20)38-22-11-5-17(6-12-22)26(30)33-36/h3-6,9-15,18-19,35-36H,1-2,7-8,28H2,(H2,29,32)(H2,30,33)(H,31,34). The van der Waals surface area contributed by atoms with Crippen molar-refractivity contribution >= 4 is 23.3 Å². The van der Waals surface area contributed by atoms with Crippen molar-refractivity contribution < 1.29 is 24.7 Å². The second kappa shape index (κ2) is 12.0. The van der Waals surface area contributed by atoms with E-state index in [1.165, 1.54) is 0 Å². The van der Waals surface area contributed by atoms with Crippen LogP contribution in [-0.4, -0.2) is 34.0 Å². The lowest BCUT2D eigenvalue weighted by Gasteiger charge is -2.25. The molecule has 11 nitrogen and oxygen atoms in total. The van der Waals surface area contributed by atoms with Gasteiger partial charge in [0, 0.05) is 47.0 Å². The molecular weight excluding hydrogens is 488 g/mol. The van der Waals surface area contributed by atoms with E-state index in [4.69, 9.17) is 37.1 Å². The van der Waals surface area contributed by atoms with E-state index in [9.17, 15) is 4.79 Å². The number of nitrogens with one attached hydrogen (secondary N) is 1. The van der Waals surface area contributed by atoms with E-state index in [2.05, 4.69) is 15.6 Å². The third kappa shape index (κ3) is 6.71. The molecule has 3 aromatic rings. The van der Waals surface area contributed by atoms with Crippen molar-refractivity contribution in [2.24, 2.45) is 33.4 Å². The van der Waals surface area contributed by atoms with Crippen LogP contribution in [0, 0.1) is 5.92 Å². The highest BCUT2D eigenvalue weighted by atomic mass is 16.5. The molecule has 11 heteroatoms. The van der Waals surface area contributed by atoms with Crippen LogP contribution < -0.4 is 32.0 Å². The van der Waals surface area contributed by atoms with E-state index in [-0.39, 0.29) is 29.5 Å². The quantitative estimate of drug-likeness (QED) is 0.112. The summed E-state index contributed by atoms with van der Waals surface area (Å²) >= 11 is 0. The van der Waals surface area contributed by atoms with Crippen LogP contribution in [-0.2, 0) is 4.79 Å². The Morgan fingerprint density at radius 2 is 1.18 bits per heavy atom. The fourth-order valence-electron chi connectivity index (χ4n) is 4.16. The van der Waals surface area contributed by atoms with Crippen LogP contribution in [0.5, 0.6) is 23.0 Å². The molecule has 198 valence electrons. The van der Waals surface area contributed by atoms with E-state index in [1.807, 2.05) is 0 Å². The first-order valence-corrected chi connectivity index (χ1v) is 12.1. The Morgan fingerprint density at radius 3 is 1.61 bits per heavy atom. The molecule has 0 spiro atoms. The monoisotopic (exact) mass is 518 g/mol. The van der Waals surface area contributed by atoms with Gasteiger partial charge in [-0.3, -0.25) is 4.79 Å². The van der Waals surface area contributed by atoms with Crippen molar-refractivity contribution in [1.82, 2.24) is 0 Å². The van der Waals surface area contributed by atoms with Gasteiger partial charge in [-0.15, -0.1) is 0 Å². The number of oxime groups is 2. The minimum Gasteiger partial charge on any atom is -0.457 e. The summed E-state index contributed by atoms with van der Waals surface area (Å²) in [5.74, 6) is 1.63. The van der Waals surface area contributed by atoms with Crippen LogP contribution >= 0.6 is 0 Å². The number of anilines is 1. The van der Waals surface area contributed by atoms with E-state index < -0.39 is 0 Å². The normalized spacial score (nSPS) is 18.0. The summed E-state index contributed by atoms with van der Waals surface area (Å²) in [6, 6.07) is 18.6. The first-order chi connectivity index (χ1) is 18.3. The van der Waals surface area contributed by atoms with Crippen molar-refractivity contribution in [1.29, 1.82) is 0 Å². The summed E-state index contributed by atoms with van der Waals surface area (Å²) in [5, 5.41) is 26.7. The first kappa shape index (κ1) is 26.3. The van der Waals surface area contributed by atoms with Gasteiger partial charge in [-0.25, -0.2) is 0 Å². The van der Waals surface area contributed by atoms with Crippen LogP contribution in [0.25, 0.3) is 0 Å². The predicted molar refractivity (Wildman–Crippen MR) is 143 cm³/mol. The van der Waals surface area contributed by atoms with E-state index >= 15 is 0 Å². The number of nitrogens with two attached hydrogens (primary N) is 3. The molecule has 0 aromatic heterocycles. The van der Waals surface area contributed by atoms with Crippen LogP contribution in [0.3, 0.4) is 0 Å². The smallest absolute Gasteiger partial charge is 0.227 e. The summed E-state index contributed by atoms with van der Waals surface area (Å²) in [6.07, 6.45) is 3.12. The minimum atomic E-state index is -0.110. The summed E-state index contributed by atoms with van der Waals surface area (Å²) in [6.45, 7) is 0. The first-order valence-electron chi connectivity index (χ1n) is 12.1. The zero-order valence-corrected chi connectivity index (χ0v) is 20.6. The molecule has 1 aliphatic carbocycles. The van der Waals surface area contributed by atoms with E-state index in [0.717, 1.165) is 25.7 Å². The van der Waals surface area contributed by atoms with Gasteiger partial charge in [0.2, 0.25) is 5.91 Å². The maximum absolute atomic E-state index is 13.0. The fourth-order valence-corrected chi connectivity index (χ4v) is 4.16. The maximum atomic E-state index is 13.0. The molecule has 1 aliphatic rings. The second-order valence-electron chi connectivity index (χ2n) is 9.02. The van der Waals surface area contributed by atoms with Crippen molar-refractivity contribution in [3.8, 4) is 23.0 Å². The summed E-state index contributed by atoms with van der Waals surface area (Å²) in [7, 11) is 0. The third-order valence-corrected chi connectivity index (χ3v) is 6.28. The SMILES string of the molecule is N/C(=N\O)c1ccc(Oc2cc(NC(=O)C3CCC(N)CC3)cc(Oc3ccc(/C(N)=N/O)cc3)c2)cc1. The van der Waals surface area contributed by atoms with Gasteiger partial charge in [0.15, 0.2) is 11.7 Å². The average Bonchev–Trinajstić information content (AvgIpc) is 2.93. The lowest BCUT2D eigenvalue weighted by atomic mass is 9.86. The average molecular weight is 519 g/mol. The van der Waals surface area contributed by atoms with Crippen LogP contribution in [0.1, 0.15) is 36.8 Å². The molecule has 0 unspecified atom stereocenters. The van der Waals surface area contributed by atoms with E-state index in [1.54, 1.807) is 66.7 Å². The van der Waals surface area contributed by atoms with Crippen molar-refractivity contribution in [3.05, 3.63) is 77.9 Å². The number of amides is 1. The lowest BCUT2D eigenvalue weighted by Crippen LogP contribution is -2.32. The highest BCUT2D eigenvalue weighted by Crippen LogP contribution is 2.33. The minimum absolute atomic E-state index is 0.0151. The van der Waals surface area contributed by atoms with E-state index in [0.29, 0.717) is 39.8 Å². The van der Waals surface area contributed by atoms with Gasteiger partial charge in [0.25, 0.3) is 0 Å². The largest absolute Gasteiger partial charge is 0.457 e.